The normalized spacial score (nSPS) is 11.7. The molecule has 0 spiro atoms. The number of nitrogens with two attached hydrogens (primary N) is 1. The average molecular weight is 534 g/mol. The van der Waals surface area contributed by atoms with Crippen LogP contribution in [0.3, 0.4) is 0 Å². The largest absolute Gasteiger partial charge is 0.497 e. The second-order valence-corrected chi connectivity index (χ2v) is 9.72. The zero-order valence-corrected chi connectivity index (χ0v) is 21.3. The maximum atomic E-state index is 13.7. The quantitative estimate of drug-likeness (QED) is 0.237. The molecule has 0 saturated heterocycles. The average Bonchev–Trinajstić information content (AvgIpc) is 3.31. The van der Waals surface area contributed by atoms with Gasteiger partial charge in [-0.05, 0) is 48.0 Å². The van der Waals surface area contributed by atoms with Crippen molar-refractivity contribution in [3.8, 4) is 28.3 Å². The van der Waals surface area contributed by atoms with Crippen molar-refractivity contribution in [2.45, 2.75) is 11.5 Å². The Morgan fingerprint density at radius 3 is 2.26 bits per heavy atom. The number of benzene rings is 3. The molecule has 5 rings (SSSR count). The third-order valence-corrected chi connectivity index (χ3v) is 6.90. The van der Waals surface area contributed by atoms with E-state index in [1.165, 1.54) is 28.8 Å². The first-order valence-corrected chi connectivity index (χ1v) is 12.9. The van der Waals surface area contributed by atoms with E-state index in [0.717, 1.165) is 0 Å². The third kappa shape index (κ3) is 4.68. The van der Waals surface area contributed by atoms with Gasteiger partial charge in [0.05, 0.1) is 30.5 Å². The van der Waals surface area contributed by atoms with Gasteiger partial charge in [0, 0.05) is 5.56 Å². The molecule has 0 aliphatic heterocycles. The van der Waals surface area contributed by atoms with Gasteiger partial charge in [-0.25, -0.2) is 33.0 Å². The molecule has 194 valence electrons. The van der Waals surface area contributed by atoms with Crippen molar-refractivity contribution in [1.82, 2.24) is 19.3 Å². The molecular formula is C26H23N5O6S. The summed E-state index contributed by atoms with van der Waals surface area (Å²) in [7, 11) is -0.965. The summed E-state index contributed by atoms with van der Waals surface area (Å²) in [4.78, 5) is 28.0. The van der Waals surface area contributed by atoms with Crippen LogP contribution in [0.25, 0.3) is 33.5 Å². The number of fused-ring (bicyclic) bond motifs is 1. The summed E-state index contributed by atoms with van der Waals surface area (Å²) in [6, 6.07) is 20.4. The molecule has 2 heterocycles. The summed E-state index contributed by atoms with van der Waals surface area (Å²) in [5.74, 6) is 0.660. The van der Waals surface area contributed by atoms with Gasteiger partial charge >= 0.3 is 0 Å². The standard InChI is InChI=1S/C26H23N5O6S/c1-35-20-13-11-19(12-14-20)31-25-24(22(29-31)15-37-36-2)28-16-30(26(25)32)18-9-7-17(8-10-18)21-5-3-4-6-23(21)38(27,33)34/h3-14,16H,15H2,1-2H3,(H2,27,33,34). The SMILES string of the molecule is COOCc1nn(-c2ccc(OC)cc2)c2c(=O)n(-c3ccc(-c4ccccc4S(N)(=O)=O)cc3)cnc12. The van der Waals surface area contributed by atoms with Crippen LogP contribution in [0.2, 0.25) is 0 Å². The summed E-state index contributed by atoms with van der Waals surface area (Å²) >= 11 is 0. The predicted octanol–water partition coefficient (Wildman–Crippen LogP) is 2.97. The summed E-state index contributed by atoms with van der Waals surface area (Å²) < 4.78 is 32.2. The fourth-order valence-corrected chi connectivity index (χ4v) is 4.89. The minimum absolute atomic E-state index is 0.00916. The van der Waals surface area contributed by atoms with Crippen molar-refractivity contribution in [3.63, 3.8) is 0 Å². The third-order valence-electron chi connectivity index (χ3n) is 5.93. The van der Waals surface area contributed by atoms with Crippen molar-refractivity contribution in [2.75, 3.05) is 14.2 Å². The van der Waals surface area contributed by atoms with Gasteiger partial charge in [0.1, 0.15) is 29.9 Å². The van der Waals surface area contributed by atoms with Crippen LogP contribution in [-0.2, 0) is 26.4 Å². The van der Waals surface area contributed by atoms with Gasteiger partial charge in [-0.3, -0.25) is 9.36 Å². The fraction of sp³-hybridized carbons (Fsp3) is 0.115. The minimum Gasteiger partial charge on any atom is -0.497 e. The maximum Gasteiger partial charge on any atom is 0.284 e. The lowest BCUT2D eigenvalue weighted by Crippen LogP contribution is -2.21. The van der Waals surface area contributed by atoms with Gasteiger partial charge in [-0.1, -0.05) is 30.3 Å². The molecule has 0 unspecified atom stereocenters. The molecule has 0 radical (unpaired) electrons. The van der Waals surface area contributed by atoms with E-state index in [0.29, 0.717) is 39.5 Å². The first-order chi connectivity index (χ1) is 18.3. The first kappa shape index (κ1) is 25.3. The van der Waals surface area contributed by atoms with E-state index in [9.17, 15) is 13.2 Å². The molecule has 0 saturated carbocycles. The van der Waals surface area contributed by atoms with Gasteiger partial charge < -0.3 is 4.74 Å². The Labute approximate surface area is 217 Å². The van der Waals surface area contributed by atoms with Gasteiger partial charge in [0.2, 0.25) is 10.0 Å². The van der Waals surface area contributed by atoms with Gasteiger partial charge in [0.15, 0.2) is 5.52 Å². The Hall–Kier alpha value is -4.36. The summed E-state index contributed by atoms with van der Waals surface area (Å²) in [6.45, 7) is -0.00916. The molecular weight excluding hydrogens is 510 g/mol. The molecule has 38 heavy (non-hydrogen) atoms. The highest BCUT2D eigenvalue weighted by Gasteiger charge is 2.20. The van der Waals surface area contributed by atoms with Gasteiger partial charge in [0.25, 0.3) is 5.56 Å². The van der Waals surface area contributed by atoms with Crippen molar-refractivity contribution in [2.24, 2.45) is 5.14 Å². The number of nitrogens with zero attached hydrogens (tertiary/aromatic N) is 4. The molecule has 0 atom stereocenters. The van der Waals surface area contributed by atoms with Crippen molar-refractivity contribution >= 4 is 21.1 Å². The first-order valence-electron chi connectivity index (χ1n) is 11.3. The zero-order chi connectivity index (χ0) is 26.9. The summed E-state index contributed by atoms with van der Waals surface area (Å²) in [5, 5.41) is 9.95. The Morgan fingerprint density at radius 2 is 1.61 bits per heavy atom. The predicted molar refractivity (Wildman–Crippen MR) is 140 cm³/mol. The molecule has 5 aromatic rings. The van der Waals surface area contributed by atoms with E-state index < -0.39 is 10.0 Å². The minimum atomic E-state index is -3.92. The van der Waals surface area contributed by atoms with Crippen molar-refractivity contribution in [1.29, 1.82) is 0 Å². The second kappa shape index (κ2) is 10.2. The smallest absolute Gasteiger partial charge is 0.284 e. The molecule has 0 amide bonds. The Morgan fingerprint density at radius 1 is 0.921 bits per heavy atom. The maximum absolute atomic E-state index is 13.7. The molecule has 0 aliphatic carbocycles. The van der Waals surface area contributed by atoms with Crippen LogP contribution < -0.4 is 15.4 Å². The molecule has 2 aromatic heterocycles. The number of primary sulfonamides is 1. The topological polar surface area (TPSA) is 141 Å². The molecule has 3 aromatic carbocycles. The number of methoxy groups -OCH3 is 1. The van der Waals surface area contributed by atoms with E-state index >= 15 is 0 Å². The summed E-state index contributed by atoms with van der Waals surface area (Å²) in [5.41, 5.74) is 2.93. The highest BCUT2D eigenvalue weighted by atomic mass is 32.2. The summed E-state index contributed by atoms with van der Waals surface area (Å²) in [6.07, 6.45) is 1.41. The second-order valence-electron chi connectivity index (χ2n) is 8.19. The van der Waals surface area contributed by atoms with Crippen LogP contribution in [0.1, 0.15) is 5.69 Å². The van der Waals surface area contributed by atoms with Gasteiger partial charge in [-0.15, -0.1) is 0 Å². The van der Waals surface area contributed by atoms with Crippen LogP contribution in [0.15, 0.2) is 88.8 Å². The zero-order valence-electron chi connectivity index (χ0n) is 20.4. The molecule has 12 heteroatoms. The monoisotopic (exact) mass is 533 g/mol. The Balaban J connectivity index is 1.62. The Bertz CT molecular complexity index is 1780. The van der Waals surface area contributed by atoms with E-state index in [4.69, 9.17) is 19.7 Å². The number of hydrogen-bond donors (Lipinski definition) is 1. The fourth-order valence-electron chi connectivity index (χ4n) is 4.13. The van der Waals surface area contributed by atoms with E-state index in [1.54, 1.807) is 73.8 Å². The van der Waals surface area contributed by atoms with E-state index in [1.807, 2.05) is 0 Å². The lowest BCUT2D eigenvalue weighted by atomic mass is 10.1. The van der Waals surface area contributed by atoms with E-state index in [-0.39, 0.29) is 22.6 Å². The molecule has 11 nitrogen and oxygen atoms in total. The highest BCUT2D eigenvalue weighted by molar-refractivity contribution is 7.89. The van der Waals surface area contributed by atoms with E-state index in [2.05, 4.69) is 10.1 Å². The molecule has 0 fully saturated rings. The lowest BCUT2D eigenvalue weighted by molar-refractivity contribution is -0.282. The molecule has 2 N–H and O–H groups in total. The number of hydrogen-bond acceptors (Lipinski definition) is 8. The van der Waals surface area contributed by atoms with Crippen LogP contribution >= 0.6 is 0 Å². The lowest BCUT2D eigenvalue weighted by Gasteiger charge is -2.10. The van der Waals surface area contributed by atoms with Gasteiger partial charge in [-0.2, -0.15) is 5.10 Å². The number of ether oxygens (including phenoxy) is 1. The molecule has 0 aliphatic rings. The van der Waals surface area contributed by atoms with Crippen LogP contribution in [0.5, 0.6) is 5.75 Å². The number of rotatable bonds is 8. The van der Waals surface area contributed by atoms with Crippen LogP contribution in [0, 0.1) is 0 Å². The number of sulfonamides is 1. The van der Waals surface area contributed by atoms with Crippen molar-refractivity contribution < 1.29 is 22.9 Å². The number of aromatic nitrogens is 4. The Kier molecular flexibility index (Phi) is 6.78. The van der Waals surface area contributed by atoms with Crippen LogP contribution in [-0.4, -0.2) is 42.0 Å². The van der Waals surface area contributed by atoms with Crippen molar-refractivity contribution in [3.05, 3.63) is 95.2 Å². The molecule has 0 bridgehead atoms. The highest BCUT2D eigenvalue weighted by Crippen LogP contribution is 2.27. The van der Waals surface area contributed by atoms with Crippen LogP contribution in [0.4, 0.5) is 0 Å².